The summed E-state index contributed by atoms with van der Waals surface area (Å²) in [7, 11) is 0. The molecule has 3 rings (SSSR count). The van der Waals surface area contributed by atoms with E-state index in [2.05, 4.69) is 25.9 Å². The lowest BCUT2D eigenvalue weighted by atomic mass is 10.1. The molecule has 0 saturated carbocycles. The van der Waals surface area contributed by atoms with Crippen LogP contribution in [0, 0.1) is 6.92 Å². The molecule has 0 radical (unpaired) electrons. The summed E-state index contributed by atoms with van der Waals surface area (Å²) < 4.78 is 0.741. The van der Waals surface area contributed by atoms with E-state index in [0.717, 1.165) is 15.7 Å². The molecule has 3 aromatic rings. The highest BCUT2D eigenvalue weighted by Gasteiger charge is 2.15. The molecule has 128 valence electrons. The number of fused-ring (bicyclic) bond motifs is 1. The third kappa shape index (κ3) is 3.56. The Bertz CT molecular complexity index is 1070. The largest absolute Gasteiger partial charge is 0.316 e. The normalized spacial score (nSPS) is 10.8. The third-order valence-electron chi connectivity index (χ3n) is 3.93. The van der Waals surface area contributed by atoms with Crippen LogP contribution in [0.4, 0.5) is 5.69 Å². The molecule has 2 aromatic carbocycles. The number of rotatable bonds is 3. The molecule has 0 fully saturated rings. The van der Waals surface area contributed by atoms with Gasteiger partial charge in [0.2, 0.25) is 5.91 Å². The summed E-state index contributed by atoms with van der Waals surface area (Å²) in [4.78, 5) is 42.2. The number of nitrogens with one attached hydrogen (secondary N) is 2. The highest BCUT2D eigenvalue weighted by atomic mass is 79.9. The molecule has 0 aliphatic rings. The Morgan fingerprint density at radius 2 is 1.72 bits per heavy atom. The van der Waals surface area contributed by atoms with Gasteiger partial charge in [-0.1, -0.05) is 33.6 Å². The first kappa shape index (κ1) is 17.2. The van der Waals surface area contributed by atoms with Crippen LogP contribution >= 0.6 is 15.9 Å². The quantitative estimate of drug-likeness (QED) is 0.661. The first-order valence-electron chi connectivity index (χ1n) is 7.64. The van der Waals surface area contributed by atoms with Crippen molar-refractivity contribution >= 4 is 38.6 Å². The molecule has 0 saturated heterocycles. The Morgan fingerprint density at radius 1 is 1.08 bits per heavy atom. The van der Waals surface area contributed by atoms with Gasteiger partial charge in [-0.2, -0.15) is 0 Å². The number of halogens is 1. The van der Waals surface area contributed by atoms with Crippen LogP contribution in [0.5, 0.6) is 0 Å². The lowest BCUT2D eigenvalue weighted by molar-refractivity contribution is -0.116. The molecule has 0 bridgehead atoms. The Balaban J connectivity index is 2.12. The summed E-state index contributed by atoms with van der Waals surface area (Å²) in [5, 5.41) is 0. The Labute approximate surface area is 151 Å². The van der Waals surface area contributed by atoms with Crippen molar-refractivity contribution < 1.29 is 4.79 Å². The zero-order valence-corrected chi connectivity index (χ0v) is 15.3. The van der Waals surface area contributed by atoms with E-state index < -0.39 is 11.1 Å². The van der Waals surface area contributed by atoms with Crippen LogP contribution in [0.2, 0.25) is 0 Å². The van der Waals surface area contributed by atoms with Gasteiger partial charge in [0.15, 0.2) is 0 Å². The Kier molecular flexibility index (Phi) is 4.59. The minimum Gasteiger partial charge on any atom is -0.316 e. The van der Waals surface area contributed by atoms with Crippen molar-refractivity contribution in [2.24, 2.45) is 0 Å². The first-order valence-corrected chi connectivity index (χ1v) is 8.44. The molecule has 0 aliphatic heterocycles. The predicted molar refractivity (Wildman–Crippen MR) is 101 cm³/mol. The van der Waals surface area contributed by atoms with Gasteiger partial charge in [-0.3, -0.25) is 14.4 Å². The summed E-state index contributed by atoms with van der Waals surface area (Å²) in [6, 6.07) is 11.2. The minimum atomic E-state index is -0.721. The van der Waals surface area contributed by atoms with Gasteiger partial charge < -0.3 is 14.9 Å². The first-order chi connectivity index (χ1) is 11.8. The molecule has 25 heavy (non-hydrogen) atoms. The molecule has 0 atom stereocenters. The second-order valence-corrected chi connectivity index (χ2v) is 6.75. The Hall–Kier alpha value is -2.67. The maximum atomic E-state index is 12.2. The van der Waals surface area contributed by atoms with E-state index >= 15 is 0 Å². The number of amides is 1. The molecule has 0 spiro atoms. The fourth-order valence-electron chi connectivity index (χ4n) is 2.66. The molecule has 1 amide bonds. The van der Waals surface area contributed by atoms with E-state index in [-0.39, 0.29) is 12.5 Å². The van der Waals surface area contributed by atoms with Crippen LogP contribution in [0.1, 0.15) is 18.1 Å². The topological polar surface area (TPSA) is 86.0 Å². The van der Waals surface area contributed by atoms with Gasteiger partial charge in [0.05, 0.1) is 17.6 Å². The summed E-state index contributed by atoms with van der Waals surface area (Å²) in [5.41, 5.74) is 2.15. The lowest BCUT2D eigenvalue weighted by Gasteiger charge is -2.22. The predicted octanol–water partition coefficient (Wildman–Crippen LogP) is 2.84. The monoisotopic (exact) mass is 401 g/mol. The minimum absolute atomic E-state index is 0.122. The van der Waals surface area contributed by atoms with Crippen molar-refractivity contribution in [2.75, 3.05) is 4.90 Å². The van der Waals surface area contributed by atoms with Crippen molar-refractivity contribution in [1.29, 1.82) is 0 Å². The maximum Gasteiger partial charge on any atom is 0.314 e. The highest BCUT2D eigenvalue weighted by molar-refractivity contribution is 9.10. The van der Waals surface area contributed by atoms with E-state index in [0.29, 0.717) is 16.6 Å². The molecule has 6 nitrogen and oxygen atoms in total. The van der Waals surface area contributed by atoms with Gasteiger partial charge in [-0.25, -0.2) is 0 Å². The number of aromatic nitrogens is 2. The standard InChI is InChI=1S/C18H16BrN3O3/c1-10-3-5-14(6-4-10)22(11(2)23)9-12-7-13(19)8-15-16(12)21-18(25)17(24)20-15/h3-8H,9H2,1-2H3,(H,20,24)(H,21,25). The number of benzene rings is 2. The molecular weight excluding hydrogens is 386 g/mol. The number of hydrogen-bond acceptors (Lipinski definition) is 3. The molecule has 1 aromatic heterocycles. The van der Waals surface area contributed by atoms with E-state index in [1.165, 1.54) is 6.92 Å². The molecular formula is C18H16BrN3O3. The van der Waals surface area contributed by atoms with Crippen molar-refractivity contribution in [1.82, 2.24) is 9.97 Å². The maximum absolute atomic E-state index is 12.2. The van der Waals surface area contributed by atoms with Crippen LogP contribution in [0.3, 0.4) is 0 Å². The van der Waals surface area contributed by atoms with E-state index in [1.54, 1.807) is 11.0 Å². The van der Waals surface area contributed by atoms with Gasteiger partial charge in [-0.15, -0.1) is 0 Å². The third-order valence-corrected chi connectivity index (χ3v) is 4.39. The number of aromatic amines is 2. The number of H-pyrrole nitrogens is 2. The van der Waals surface area contributed by atoms with Gasteiger partial charge >= 0.3 is 11.1 Å². The van der Waals surface area contributed by atoms with Crippen LogP contribution in [-0.4, -0.2) is 15.9 Å². The lowest BCUT2D eigenvalue weighted by Crippen LogP contribution is -2.31. The SMILES string of the molecule is CC(=O)N(Cc1cc(Br)cc2[nH]c(=O)c(=O)[nH]c12)c1ccc(C)cc1. The number of nitrogens with zero attached hydrogens (tertiary/aromatic N) is 1. The summed E-state index contributed by atoms with van der Waals surface area (Å²) in [5.74, 6) is -0.122. The molecule has 7 heteroatoms. The van der Waals surface area contributed by atoms with E-state index in [9.17, 15) is 14.4 Å². The van der Waals surface area contributed by atoms with Crippen molar-refractivity contribution in [2.45, 2.75) is 20.4 Å². The summed E-state index contributed by atoms with van der Waals surface area (Å²) in [6.45, 7) is 3.73. The molecule has 0 unspecified atom stereocenters. The summed E-state index contributed by atoms with van der Waals surface area (Å²) in [6.07, 6.45) is 0. The van der Waals surface area contributed by atoms with Gasteiger partial charge in [-0.05, 0) is 36.8 Å². The number of anilines is 1. The zero-order valence-electron chi connectivity index (χ0n) is 13.7. The van der Waals surface area contributed by atoms with Crippen molar-refractivity contribution in [3.63, 3.8) is 0 Å². The number of carbonyl (C=O) groups is 1. The van der Waals surface area contributed by atoms with Crippen LogP contribution in [0.15, 0.2) is 50.5 Å². The number of aryl methyl sites for hydroxylation is 1. The van der Waals surface area contributed by atoms with Crippen molar-refractivity contribution in [3.05, 3.63) is 72.7 Å². The van der Waals surface area contributed by atoms with Crippen LogP contribution < -0.4 is 16.0 Å². The smallest absolute Gasteiger partial charge is 0.314 e. The average molecular weight is 402 g/mol. The van der Waals surface area contributed by atoms with E-state index in [1.807, 2.05) is 37.3 Å². The zero-order chi connectivity index (χ0) is 18.1. The fourth-order valence-corrected chi connectivity index (χ4v) is 3.17. The van der Waals surface area contributed by atoms with Gasteiger partial charge in [0.1, 0.15) is 0 Å². The van der Waals surface area contributed by atoms with Crippen LogP contribution in [-0.2, 0) is 11.3 Å². The number of carbonyl (C=O) groups excluding carboxylic acids is 1. The summed E-state index contributed by atoms with van der Waals surface area (Å²) >= 11 is 3.40. The molecule has 2 N–H and O–H groups in total. The van der Waals surface area contributed by atoms with Gasteiger partial charge in [0.25, 0.3) is 0 Å². The van der Waals surface area contributed by atoms with Gasteiger partial charge in [0, 0.05) is 17.1 Å². The second-order valence-electron chi connectivity index (χ2n) is 5.84. The Morgan fingerprint density at radius 3 is 2.36 bits per heavy atom. The van der Waals surface area contributed by atoms with Crippen LogP contribution in [0.25, 0.3) is 11.0 Å². The number of hydrogen-bond donors (Lipinski definition) is 2. The van der Waals surface area contributed by atoms with Crippen molar-refractivity contribution in [3.8, 4) is 0 Å². The fraction of sp³-hybridized carbons (Fsp3) is 0.167. The highest BCUT2D eigenvalue weighted by Crippen LogP contribution is 2.24. The molecule has 0 aliphatic carbocycles. The average Bonchev–Trinajstić information content (AvgIpc) is 2.55. The van der Waals surface area contributed by atoms with E-state index in [4.69, 9.17) is 0 Å². The second kappa shape index (κ2) is 6.68. The molecule has 1 heterocycles.